The van der Waals surface area contributed by atoms with Crippen molar-refractivity contribution in [2.24, 2.45) is 5.92 Å². The molecule has 0 spiro atoms. The number of rotatable bonds is 5. The summed E-state index contributed by atoms with van der Waals surface area (Å²) in [6.07, 6.45) is -4.70. The summed E-state index contributed by atoms with van der Waals surface area (Å²) >= 11 is 0.723. The first-order valence-corrected chi connectivity index (χ1v) is 11.3. The number of fused-ring (bicyclic) bond motifs is 1. The van der Waals surface area contributed by atoms with Crippen LogP contribution in [0.5, 0.6) is 0 Å². The van der Waals surface area contributed by atoms with Crippen LogP contribution in [-0.2, 0) is 25.7 Å². The van der Waals surface area contributed by atoms with Crippen LogP contribution in [0.3, 0.4) is 0 Å². The molecule has 1 aliphatic carbocycles. The first-order valence-electron chi connectivity index (χ1n) is 9.03. The first kappa shape index (κ1) is 20.2. The molecule has 162 valence electrons. The smallest absolute Gasteiger partial charge is 0.452 e. The Balaban J connectivity index is 1.43. The van der Waals surface area contributed by atoms with Gasteiger partial charge in [0.1, 0.15) is 15.4 Å². The van der Waals surface area contributed by atoms with Crippen LogP contribution >= 0.6 is 11.3 Å². The third-order valence-corrected chi connectivity index (χ3v) is 8.53. The van der Waals surface area contributed by atoms with Crippen LogP contribution in [-0.4, -0.2) is 31.7 Å². The lowest BCUT2D eigenvalue weighted by atomic mass is 10.1. The number of benzene rings is 1. The highest BCUT2D eigenvalue weighted by atomic mass is 32.2. The maximum absolute atomic E-state index is 13.0. The molecule has 1 saturated heterocycles. The van der Waals surface area contributed by atoms with Gasteiger partial charge in [0, 0.05) is 17.9 Å². The number of thiophene rings is 1. The fraction of sp³-hybridized carbons (Fsp3) is 0.263. The van der Waals surface area contributed by atoms with E-state index in [0.717, 1.165) is 16.9 Å². The number of carbonyl (C=O) groups excluding carboxylic acids is 1. The summed E-state index contributed by atoms with van der Waals surface area (Å²) in [5.41, 5.74) is -0.702. The molecular weight excluding hydrogens is 457 g/mol. The van der Waals surface area contributed by atoms with Crippen molar-refractivity contribution in [3.63, 3.8) is 0 Å². The fourth-order valence-electron chi connectivity index (χ4n) is 3.99. The molecular formula is C19H13F3N2O5S2. The van der Waals surface area contributed by atoms with Gasteiger partial charge in [-0.05, 0) is 17.7 Å². The molecule has 2 aromatic heterocycles. The molecule has 3 aromatic rings. The summed E-state index contributed by atoms with van der Waals surface area (Å²) in [4.78, 5) is 12.7. The van der Waals surface area contributed by atoms with Gasteiger partial charge in [0.25, 0.3) is 10.0 Å². The third-order valence-electron chi connectivity index (χ3n) is 5.45. The molecule has 0 bridgehead atoms. The molecule has 2 aliphatic rings. The Hall–Kier alpha value is -2.70. The van der Waals surface area contributed by atoms with Crippen molar-refractivity contribution in [3.8, 4) is 10.6 Å². The van der Waals surface area contributed by atoms with E-state index in [0.29, 0.717) is 6.07 Å². The Morgan fingerprint density at radius 3 is 2.58 bits per heavy atom. The monoisotopic (exact) mass is 470 g/mol. The number of ether oxygens (including phenoxy) is 1. The average Bonchev–Trinajstić information content (AvgIpc) is 3.20. The first-order chi connectivity index (χ1) is 14.6. The van der Waals surface area contributed by atoms with Crippen molar-refractivity contribution in [1.82, 2.24) is 9.88 Å². The van der Waals surface area contributed by atoms with E-state index in [4.69, 9.17) is 4.74 Å². The highest BCUT2D eigenvalue weighted by Gasteiger charge is 2.76. The van der Waals surface area contributed by atoms with Crippen molar-refractivity contribution in [2.75, 3.05) is 6.61 Å². The second-order valence-electron chi connectivity index (χ2n) is 7.26. The van der Waals surface area contributed by atoms with Gasteiger partial charge in [-0.2, -0.15) is 17.9 Å². The number of carbonyl (C=O) groups is 1. The molecule has 3 atom stereocenters. The minimum absolute atomic E-state index is 0.107. The predicted molar refractivity (Wildman–Crippen MR) is 102 cm³/mol. The number of nitrogens with zero attached hydrogens (tertiary/aromatic N) is 1. The summed E-state index contributed by atoms with van der Waals surface area (Å²) in [6, 6.07) is 12.3. The zero-order valence-electron chi connectivity index (χ0n) is 15.4. The quantitative estimate of drug-likeness (QED) is 0.574. The molecule has 3 heterocycles. The second-order valence-corrected chi connectivity index (χ2v) is 10.3. The van der Waals surface area contributed by atoms with Crippen molar-refractivity contribution in [2.45, 2.75) is 21.8 Å². The maximum atomic E-state index is 13.0. The normalized spacial score (nSPS) is 25.3. The summed E-state index contributed by atoms with van der Waals surface area (Å²) in [6.45, 7) is 0.107. The van der Waals surface area contributed by atoms with Crippen molar-refractivity contribution < 1.29 is 35.6 Å². The molecule has 31 heavy (non-hydrogen) atoms. The van der Waals surface area contributed by atoms with E-state index in [2.05, 4.69) is 14.4 Å². The van der Waals surface area contributed by atoms with Gasteiger partial charge in [0.15, 0.2) is 0 Å². The van der Waals surface area contributed by atoms with E-state index in [9.17, 15) is 26.4 Å². The van der Waals surface area contributed by atoms with Crippen molar-refractivity contribution >= 4 is 27.3 Å². The maximum Gasteiger partial charge on any atom is 0.452 e. The lowest BCUT2D eigenvalue weighted by molar-refractivity contribution is -0.155. The molecule has 5 rings (SSSR count). The Labute approximate surface area is 177 Å². The number of hydrogen-bond acceptors (Lipinski definition) is 7. The number of halogens is 3. The number of hydrogen-bond donors (Lipinski definition) is 1. The zero-order valence-corrected chi connectivity index (χ0v) is 17.1. The van der Waals surface area contributed by atoms with Gasteiger partial charge in [-0.25, -0.2) is 13.2 Å². The molecule has 1 saturated carbocycles. The number of esters is 1. The zero-order chi connectivity index (χ0) is 22.0. The molecule has 1 aromatic carbocycles. The molecule has 7 nitrogen and oxygen atoms in total. The predicted octanol–water partition coefficient (Wildman–Crippen LogP) is 3.41. The molecule has 0 amide bonds. The summed E-state index contributed by atoms with van der Waals surface area (Å²) in [5.74, 6) is -2.61. The standard InChI is InChI=1S/C19H13F3N2O5S2/c20-19(21,22)14-8-12(23-29-14)13-6-7-15(30-13)31(26,27)24-18-11(9-28-17(18)25)16(18)10-4-2-1-3-5-10/h1-8,11,16,24H,9H2/t11-,16+,18+/m1/s1. The molecule has 2 fully saturated rings. The number of alkyl halides is 3. The summed E-state index contributed by atoms with van der Waals surface area (Å²) < 4.78 is 75.9. The van der Waals surface area contributed by atoms with Crippen LogP contribution in [0.4, 0.5) is 13.2 Å². The Bertz CT molecular complexity index is 1270. The second kappa shape index (κ2) is 6.65. The van der Waals surface area contributed by atoms with E-state index < -0.39 is 33.5 Å². The minimum Gasteiger partial charge on any atom is -0.464 e. The van der Waals surface area contributed by atoms with Gasteiger partial charge < -0.3 is 9.26 Å². The van der Waals surface area contributed by atoms with Gasteiger partial charge in [0.05, 0.1) is 11.5 Å². The van der Waals surface area contributed by atoms with Gasteiger partial charge in [-0.15, -0.1) is 11.3 Å². The van der Waals surface area contributed by atoms with E-state index >= 15 is 0 Å². The molecule has 1 aliphatic heterocycles. The minimum atomic E-state index is -4.70. The van der Waals surface area contributed by atoms with Crippen LogP contribution in [0.2, 0.25) is 0 Å². The van der Waals surface area contributed by atoms with E-state index in [-0.39, 0.29) is 33.2 Å². The SMILES string of the molecule is O=C1OC[C@@H]2[C@H](c3ccccc3)[C@]12NS(=O)(=O)c1ccc(-c2cc(C(F)(F)F)on2)s1. The number of aromatic nitrogens is 1. The van der Waals surface area contributed by atoms with Crippen LogP contribution in [0.15, 0.2) is 57.3 Å². The van der Waals surface area contributed by atoms with Gasteiger partial charge >= 0.3 is 12.1 Å². The van der Waals surface area contributed by atoms with Crippen LogP contribution < -0.4 is 4.72 Å². The van der Waals surface area contributed by atoms with Gasteiger partial charge in [-0.1, -0.05) is 35.5 Å². The lowest BCUT2D eigenvalue weighted by Gasteiger charge is -2.15. The molecule has 1 N–H and O–H groups in total. The van der Waals surface area contributed by atoms with Crippen molar-refractivity contribution in [1.29, 1.82) is 0 Å². The van der Waals surface area contributed by atoms with E-state index in [1.165, 1.54) is 12.1 Å². The Kier molecular flexibility index (Phi) is 4.33. The van der Waals surface area contributed by atoms with Crippen LogP contribution in [0, 0.1) is 5.92 Å². The highest BCUT2D eigenvalue weighted by molar-refractivity contribution is 7.91. The summed E-state index contributed by atoms with van der Waals surface area (Å²) in [7, 11) is -4.16. The van der Waals surface area contributed by atoms with Crippen LogP contribution in [0.1, 0.15) is 17.2 Å². The van der Waals surface area contributed by atoms with Gasteiger partial charge in [0.2, 0.25) is 5.76 Å². The lowest BCUT2D eigenvalue weighted by Crippen LogP contribution is -2.43. The average molecular weight is 470 g/mol. The highest BCUT2D eigenvalue weighted by Crippen LogP contribution is 2.62. The Morgan fingerprint density at radius 1 is 1.16 bits per heavy atom. The molecule has 12 heteroatoms. The van der Waals surface area contributed by atoms with E-state index in [1.54, 1.807) is 12.1 Å². The number of sulfonamides is 1. The molecule has 0 radical (unpaired) electrons. The number of nitrogens with one attached hydrogen (secondary N) is 1. The van der Waals surface area contributed by atoms with Crippen LogP contribution in [0.25, 0.3) is 10.6 Å². The van der Waals surface area contributed by atoms with E-state index in [1.807, 2.05) is 18.2 Å². The Morgan fingerprint density at radius 2 is 1.90 bits per heavy atom. The molecule has 0 unspecified atom stereocenters. The third kappa shape index (κ3) is 3.17. The largest absolute Gasteiger partial charge is 0.464 e. The van der Waals surface area contributed by atoms with Crippen molar-refractivity contribution in [3.05, 3.63) is 59.9 Å². The topological polar surface area (TPSA) is 98.5 Å². The number of cyclic esters (lactones) is 1. The fourth-order valence-corrected chi connectivity index (χ4v) is 6.66. The van der Waals surface area contributed by atoms with Gasteiger partial charge in [-0.3, -0.25) is 0 Å². The summed E-state index contributed by atoms with van der Waals surface area (Å²) in [5, 5.41) is 3.36.